The van der Waals surface area contributed by atoms with Crippen molar-refractivity contribution in [1.82, 2.24) is 15.1 Å². The van der Waals surface area contributed by atoms with Crippen molar-refractivity contribution >= 4 is 29.9 Å². The lowest BCUT2D eigenvalue weighted by molar-refractivity contribution is 0.00759. The number of likely N-dealkylation sites (tertiary alicyclic amines) is 2. The van der Waals surface area contributed by atoms with Crippen molar-refractivity contribution in [2.24, 2.45) is 10.4 Å². The lowest BCUT2D eigenvalue weighted by Gasteiger charge is -2.43. The second-order valence-electron chi connectivity index (χ2n) is 8.92. The third-order valence-electron chi connectivity index (χ3n) is 6.81. The highest BCUT2D eigenvalue weighted by Gasteiger charge is 2.40. The highest BCUT2D eigenvalue weighted by Crippen LogP contribution is 2.39. The molecule has 0 aromatic heterocycles. The zero-order valence-electron chi connectivity index (χ0n) is 17.6. The van der Waals surface area contributed by atoms with Gasteiger partial charge in [0.1, 0.15) is 0 Å². The summed E-state index contributed by atoms with van der Waals surface area (Å²) in [5.74, 6) is 1.06. The number of aliphatic imine (C=N–C) groups is 1. The average molecular weight is 494 g/mol. The molecule has 0 saturated carbocycles. The van der Waals surface area contributed by atoms with Crippen molar-refractivity contribution in [3.05, 3.63) is 0 Å². The molecule has 0 aromatic carbocycles. The van der Waals surface area contributed by atoms with Crippen LogP contribution >= 0.6 is 24.0 Å². The molecular weight excluding hydrogens is 455 g/mol. The largest absolute Gasteiger partial charge is 0.381 e. The van der Waals surface area contributed by atoms with Crippen LogP contribution in [0.25, 0.3) is 0 Å². The van der Waals surface area contributed by atoms with Gasteiger partial charge in [-0.3, -0.25) is 9.89 Å². The summed E-state index contributed by atoms with van der Waals surface area (Å²) >= 11 is 0. The summed E-state index contributed by atoms with van der Waals surface area (Å²) in [7, 11) is 3.74. The molecule has 0 unspecified atom stereocenters. The highest BCUT2D eigenvalue weighted by molar-refractivity contribution is 14.0. The first-order chi connectivity index (χ1) is 12.5. The Morgan fingerprint density at radius 2 is 1.85 bits per heavy atom. The van der Waals surface area contributed by atoms with E-state index in [9.17, 15) is 0 Å². The number of hydrogen-bond donors (Lipinski definition) is 1. The van der Waals surface area contributed by atoms with E-state index in [0.29, 0.717) is 11.5 Å². The number of ether oxygens (including phenoxy) is 2. The maximum absolute atomic E-state index is 5.57. The molecule has 3 fully saturated rings. The molecule has 3 aliphatic heterocycles. The second kappa shape index (κ2) is 10.1. The van der Waals surface area contributed by atoms with Gasteiger partial charge in [-0.05, 0) is 51.4 Å². The molecule has 6 nitrogen and oxygen atoms in total. The standard InChI is InChI=1S/C20H38N4O2.HI/c1-19(2,24-10-5-17(25-4)6-11-24)15-22-18(21-3)23-12-7-20(16-23)8-13-26-14-9-20;/h17H,5-16H2,1-4H3,(H,21,22);1H. The maximum Gasteiger partial charge on any atom is 0.193 e. The summed E-state index contributed by atoms with van der Waals surface area (Å²) in [5, 5.41) is 3.67. The van der Waals surface area contributed by atoms with Crippen LogP contribution in [0, 0.1) is 5.41 Å². The smallest absolute Gasteiger partial charge is 0.193 e. The Bertz CT molecular complexity index is 486. The Kier molecular flexibility index (Phi) is 8.64. The van der Waals surface area contributed by atoms with E-state index < -0.39 is 0 Å². The van der Waals surface area contributed by atoms with Gasteiger partial charge in [-0.25, -0.2) is 0 Å². The van der Waals surface area contributed by atoms with Gasteiger partial charge in [0.25, 0.3) is 0 Å². The number of hydrogen-bond acceptors (Lipinski definition) is 4. The van der Waals surface area contributed by atoms with Crippen molar-refractivity contribution in [3.8, 4) is 0 Å². The lowest BCUT2D eigenvalue weighted by Crippen LogP contribution is -2.56. The maximum atomic E-state index is 5.57. The van der Waals surface area contributed by atoms with Gasteiger partial charge >= 0.3 is 0 Å². The molecule has 7 heteroatoms. The van der Waals surface area contributed by atoms with E-state index in [-0.39, 0.29) is 29.5 Å². The number of nitrogens with zero attached hydrogens (tertiary/aromatic N) is 3. The predicted molar refractivity (Wildman–Crippen MR) is 121 cm³/mol. The van der Waals surface area contributed by atoms with E-state index in [1.165, 1.54) is 19.3 Å². The SMILES string of the molecule is CN=C(NCC(C)(C)N1CCC(OC)CC1)N1CCC2(CCOCC2)C1.I. The second-order valence-corrected chi connectivity index (χ2v) is 8.92. The number of nitrogens with one attached hydrogen (secondary N) is 1. The fraction of sp³-hybridized carbons (Fsp3) is 0.950. The van der Waals surface area contributed by atoms with Gasteiger partial charge in [0.15, 0.2) is 5.96 Å². The molecule has 158 valence electrons. The molecule has 3 aliphatic rings. The molecule has 0 atom stereocenters. The zero-order chi connectivity index (χ0) is 18.6. The van der Waals surface area contributed by atoms with Gasteiger partial charge < -0.3 is 19.7 Å². The van der Waals surface area contributed by atoms with E-state index in [2.05, 4.69) is 34.0 Å². The van der Waals surface area contributed by atoms with Crippen molar-refractivity contribution in [2.75, 3.05) is 60.1 Å². The minimum Gasteiger partial charge on any atom is -0.381 e. The highest BCUT2D eigenvalue weighted by atomic mass is 127. The van der Waals surface area contributed by atoms with Crippen molar-refractivity contribution < 1.29 is 9.47 Å². The summed E-state index contributed by atoms with van der Waals surface area (Å²) in [6.45, 7) is 11.9. The van der Waals surface area contributed by atoms with Crippen LogP contribution in [0.15, 0.2) is 4.99 Å². The van der Waals surface area contributed by atoms with Gasteiger partial charge in [0.05, 0.1) is 6.10 Å². The molecule has 0 radical (unpaired) electrons. The Hall–Kier alpha value is -0.120. The van der Waals surface area contributed by atoms with Crippen LogP contribution in [-0.2, 0) is 9.47 Å². The van der Waals surface area contributed by atoms with E-state index >= 15 is 0 Å². The summed E-state index contributed by atoms with van der Waals surface area (Å²) in [5.41, 5.74) is 0.568. The van der Waals surface area contributed by atoms with Crippen LogP contribution in [0.1, 0.15) is 46.0 Å². The van der Waals surface area contributed by atoms with Crippen LogP contribution in [0.2, 0.25) is 0 Å². The number of rotatable bonds is 4. The number of guanidine groups is 1. The summed E-state index contributed by atoms with van der Waals surface area (Å²) in [6.07, 6.45) is 6.35. The quantitative estimate of drug-likeness (QED) is 0.370. The summed E-state index contributed by atoms with van der Waals surface area (Å²) in [6, 6.07) is 0. The molecule has 3 rings (SSSR count). The van der Waals surface area contributed by atoms with Gasteiger partial charge in [-0.2, -0.15) is 0 Å². The molecule has 0 amide bonds. The fourth-order valence-electron chi connectivity index (χ4n) is 4.76. The Labute approximate surface area is 182 Å². The van der Waals surface area contributed by atoms with E-state index in [1.807, 2.05) is 14.2 Å². The Morgan fingerprint density at radius 3 is 2.44 bits per heavy atom. The van der Waals surface area contributed by atoms with Crippen molar-refractivity contribution in [3.63, 3.8) is 0 Å². The summed E-state index contributed by atoms with van der Waals surface area (Å²) in [4.78, 5) is 9.63. The Balaban J connectivity index is 0.00000261. The number of methoxy groups -OCH3 is 1. The first-order valence-electron chi connectivity index (χ1n) is 10.3. The molecule has 0 bridgehead atoms. The van der Waals surface area contributed by atoms with E-state index in [4.69, 9.17) is 9.47 Å². The molecule has 27 heavy (non-hydrogen) atoms. The molecule has 0 aromatic rings. The van der Waals surface area contributed by atoms with Crippen LogP contribution in [0.3, 0.4) is 0 Å². The molecule has 1 N–H and O–H groups in total. The molecule has 3 saturated heterocycles. The summed E-state index contributed by atoms with van der Waals surface area (Å²) < 4.78 is 11.1. The van der Waals surface area contributed by atoms with Crippen molar-refractivity contribution in [2.45, 2.75) is 57.6 Å². The van der Waals surface area contributed by atoms with Gasteiger partial charge in [0, 0.05) is 65.6 Å². The third kappa shape index (κ3) is 5.70. The molecule has 0 aliphatic carbocycles. The number of piperidine rings is 1. The van der Waals surface area contributed by atoms with Gasteiger partial charge in [-0.1, -0.05) is 0 Å². The van der Waals surface area contributed by atoms with Crippen LogP contribution in [0.5, 0.6) is 0 Å². The first kappa shape index (κ1) is 23.2. The zero-order valence-corrected chi connectivity index (χ0v) is 20.0. The molecule has 3 heterocycles. The van der Waals surface area contributed by atoms with E-state index in [0.717, 1.165) is 64.7 Å². The fourth-order valence-corrected chi connectivity index (χ4v) is 4.76. The molecular formula is C20H39IN4O2. The topological polar surface area (TPSA) is 49.3 Å². The monoisotopic (exact) mass is 494 g/mol. The van der Waals surface area contributed by atoms with Crippen molar-refractivity contribution in [1.29, 1.82) is 0 Å². The van der Waals surface area contributed by atoms with Crippen LogP contribution in [-0.4, -0.2) is 87.5 Å². The van der Waals surface area contributed by atoms with Gasteiger partial charge in [0.2, 0.25) is 0 Å². The van der Waals surface area contributed by atoms with Gasteiger partial charge in [-0.15, -0.1) is 24.0 Å². The Morgan fingerprint density at radius 1 is 1.19 bits per heavy atom. The van der Waals surface area contributed by atoms with E-state index in [1.54, 1.807) is 0 Å². The average Bonchev–Trinajstić information content (AvgIpc) is 3.06. The number of halogens is 1. The van der Waals surface area contributed by atoms with Crippen LogP contribution in [0.4, 0.5) is 0 Å². The van der Waals surface area contributed by atoms with Crippen LogP contribution < -0.4 is 5.32 Å². The predicted octanol–water partition coefficient (Wildman–Crippen LogP) is 2.57. The first-order valence-corrected chi connectivity index (χ1v) is 10.3. The third-order valence-corrected chi connectivity index (χ3v) is 6.81. The minimum atomic E-state index is 0. The minimum absolute atomic E-state index is 0. The lowest BCUT2D eigenvalue weighted by atomic mass is 9.80. The molecule has 1 spiro atoms. The normalized spacial score (nSPS) is 24.9.